The highest BCUT2D eigenvalue weighted by molar-refractivity contribution is 5.92. The van der Waals surface area contributed by atoms with Crippen LogP contribution in [-0.2, 0) is 23.8 Å². The van der Waals surface area contributed by atoms with Crippen LogP contribution in [0.25, 0.3) is 0 Å². The van der Waals surface area contributed by atoms with Gasteiger partial charge in [-0.3, -0.25) is 9.59 Å². The number of ketones is 1. The van der Waals surface area contributed by atoms with E-state index in [1.54, 1.807) is 6.92 Å². The first-order chi connectivity index (χ1) is 8.00. The van der Waals surface area contributed by atoms with E-state index < -0.39 is 11.9 Å². The average Bonchev–Trinajstić information content (AvgIpc) is 2.55. The molecule has 0 aliphatic carbocycles. The van der Waals surface area contributed by atoms with E-state index in [0.717, 1.165) is 0 Å². The standard InChI is InChI=1S/C11H15NO5/c1-6(13)3-12-8-7-4-16-11(2,17-7)5-15-9(8)10(12)14/h7-9H,3-5H2,1-2H3/t7-,8+,9-,11-/m1/s1. The highest BCUT2D eigenvalue weighted by Crippen LogP contribution is 2.38. The number of carbonyl (C=O) groups excluding carboxylic acids is 2. The van der Waals surface area contributed by atoms with Gasteiger partial charge in [-0.25, -0.2) is 0 Å². The first-order valence-corrected chi connectivity index (χ1v) is 5.73. The van der Waals surface area contributed by atoms with Gasteiger partial charge in [0.05, 0.1) is 19.2 Å². The molecule has 17 heavy (non-hydrogen) atoms. The van der Waals surface area contributed by atoms with Crippen molar-refractivity contribution in [2.45, 2.75) is 37.9 Å². The van der Waals surface area contributed by atoms with E-state index in [2.05, 4.69) is 0 Å². The zero-order valence-corrected chi connectivity index (χ0v) is 9.84. The van der Waals surface area contributed by atoms with Gasteiger partial charge in [0.25, 0.3) is 5.91 Å². The van der Waals surface area contributed by atoms with Crippen molar-refractivity contribution in [3.63, 3.8) is 0 Å². The molecule has 0 aromatic rings. The normalized spacial score (nSPS) is 44.0. The van der Waals surface area contributed by atoms with Gasteiger partial charge in [-0.2, -0.15) is 0 Å². The Bertz CT molecular complexity index is 384. The third-order valence-corrected chi connectivity index (χ3v) is 3.45. The molecule has 0 aromatic carbocycles. The fourth-order valence-electron chi connectivity index (χ4n) is 2.66. The third kappa shape index (κ3) is 1.59. The van der Waals surface area contributed by atoms with Gasteiger partial charge in [-0.05, 0) is 13.8 Å². The molecule has 4 atom stereocenters. The van der Waals surface area contributed by atoms with E-state index >= 15 is 0 Å². The number of Topliss-reactive ketones (excluding diaryl/α,β-unsaturated/α-hetero) is 1. The van der Waals surface area contributed by atoms with Crippen molar-refractivity contribution < 1.29 is 23.8 Å². The number of β-lactam (4-membered cyclic amide) rings is 1. The summed E-state index contributed by atoms with van der Waals surface area (Å²) in [5.41, 5.74) is 0. The quantitative estimate of drug-likeness (QED) is 0.599. The summed E-state index contributed by atoms with van der Waals surface area (Å²) in [5, 5.41) is 0. The van der Waals surface area contributed by atoms with E-state index in [-0.39, 0.29) is 37.0 Å². The molecule has 0 aromatic heterocycles. The Morgan fingerprint density at radius 3 is 3.06 bits per heavy atom. The molecule has 0 unspecified atom stereocenters. The second kappa shape index (κ2) is 3.51. The number of rotatable bonds is 2. The van der Waals surface area contributed by atoms with Crippen molar-refractivity contribution in [1.29, 1.82) is 0 Å². The number of hydrogen-bond donors (Lipinski definition) is 0. The minimum atomic E-state index is -0.746. The Kier molecular flexibility index (Phi) is 2.30. The Balaban J connectivity index is 1.81. The number of hydrogen-bond acceptors (Lipinski definition) is 5. The number of fused-ring (bicyclic) bond motifs is 4. The minimum Gasteiger partial charge on any atom is -0.360 e. The molecule has 3 heterocycles. The maximum Gasteiger partial charge on any atom is 0.254 e. The topological polar surface area (TPSA) is 65.1 Å². The summed E-state index contributed by atoms with van der Waals surface area (Å²) in [6.07, 6.45) is -0.658. The minimum absolute atomic E-state index is 0.0391. The summed E-state index contributed by atoms with van der Waals surface area (Å²) in [7, 11) is 0. The van der Waals surface area contributed by atoms with Crippen molar-refractivity contribution in [1.82, 2.24) is 4.90 Å². The molecule has 3 saturated heterocycles. The molecule has 2 bridgehead atoms. The molecule has 3 aliphatic rings. The summed E-state index contributed by atoms with van der Waals surface area (Å²) >= 11 is 0. The Hall–Kier alpha value is -0.980. The highest BCUT2D eigenvalue weighted by atomic mass is 16.8. The molecule has 6 nitrogen and oxygen atoms in total. The number of carbonyl (C=O) groups is 2. The van der Waals surface area contributed by atoms with Gasteiger partial charge < -0.3 is 19.1 Å². The van der Waals surface area contributed by atoms with Crippen LogP contribution in [-0.4, -0.2) is 60.4 Å². The van der Waals surface area contributed by atoms with Crippen LogP contribution in [0, 0.1) is 0 Å². The predicted molar refractivity (Wildman–Crippen MR) is 55.2 cm³/mol. The lowest BCUT2D eigenvalue weighted by Crippen LogP contribution is -2.70. The molecule has 0 N–H and O–H groups in total. The molecule has 3 fully saturated rings. The van der Waals surface area contributed by atoms with Crippen LogP contribution in [0.2, 0.25) is 0 Å². The second-order valence-electron chi connectivity index (χ2n) is 4.99. The van der Waals surface area contributed by atoms with E-state index in [1.807, 2.05) is 0 Å². The maximum absolute atomic E-state index is 11.8. The fourth-order valence-corrected chi connectivity index (χ4v) is 2.66. The van der Waals surface area contributed by atoms with Crippen molar-refractivity contribution in [2.24, 2.45) is 0 Å². The van der Waals surface area contributed by atoms with Crippen molar-refractivity contribution in [3.8, 4) is 0 Å². The molecular formula is C11H15NO5. The zero-order valence-electron chi connectivity index (χ0n) is 9.84. The number of nitrogens with zero attached hydrogens (tertiary/aromatic N) is 1. The van der Waals surface area contributed by atoms with Crippen LogP contribution in [0.15, 0.2) is 0 Å². The molecule has 1 amide bonds. The van der Waals surface area contributed by atoms with E-state index in [1.165, 1.54) is 11.8 Å². The monoisotopic (exact) mass is 241 g/mol. The van der Waals surface area contributed by atoms with Crippen molar-refractivity contribution >= 4 is 11.7 Å². The SMILES string of the molecule is CC(=O)CN1C(=O)[C@@H]2OC[C@]3(C)OC[C@@H](O3)[C@@H]21. The van der Waals surface area contributed by atoms with Gasteiger partial charge in [-0.15, -0.1) is 0 Å². The molecule has 3 rings (SSSR count). The molecule has 3 aliphatic heterocycles. The lowest BCUT2D eigenvalue weighted by Gasteiger charge is -2.47. The summed E-state index contributed by atoms with van der Waals surface area (Å²) in [5.74, 6) is -0.905. The molecular weight excluding hydrogens is 226 g/mol. The van der Waals surface area contributed by atoms with Gasteiger partial charge in [-0.1, -0.05) is 0 Å². The summed E-state index contributed by atoms with van der Waals surface area (Å²) in [6, 6.07) is -0.185. The highest BCUT2D eigenvalue weighted by Gasteiger charge is 2.59. The van der Waals surface area contributed by atoms with Gasteiger partial charge in [0.15, 0.2) is 11.9 Å². The van der Waals surface area contributed by atoms with Gasteiger partial charge >= 0.3 is 0 Å². The number of ether oxygens (including phenoxy) is 3. The predicted octanol–water partition coefficient (Wildman–Crippen LogP) is -0.683. The number of amides is 1. The van der Waals surface area contributed by atoms with Gasteiger partial charge in [0.2, 0.25) is 0 Å². The third-order valence-electron chi connectivity index (χ3n) is 3.45. The summed E-state index contributed by atoms with van der Waals surface area (Å²) in [4.78, 5) is 24.5. The van der Waals surface area contributed by atoms with Crippen LogP contribution < -0.4 is 0 Å². The van der Waals surface area contributed by atoms with E-state index in [9.17, 15) is 9.59 Å². The lowest BCUT2D eigenvalue weighted by molar-refractivity contribution is -0.191. The Morgan fingerprint density at radius 1 is 1.59 bits per heavy atom. The van der Waals surface area contributed by atoms with Gasteiger partial charge in [0, 0.05) is 0 Å². The molecule has 0 radical (unpaired) electrons. The van der Waals surface area contributed by atoms with Crippen LogP contribution in [0.4, 0.5) is 0 Å². The largest absolute Gasteiger partial charge is 0.360 e. The van der Waals surface area contributed by atoms with Crippen molar-refractivity contribution in [2.75, 3.05) is 19.8 Å². The summed E-state index contributed by atoms with van der Waals surface area (Å²) in [6.45, 7) is 4.10. The first kappa shape index (κ1) is 11.1. The molecule has 6 heteroatoms. The first-order valence-electron chi connectivity index (χ1n) is 5.73. The van der Waals surface area contributed by atoms with E-state index in [0.29, 0.717) is 6.61 Å². The fraction of sp³-hybridized carbons (Fsp3) is 0.818. The lowest BCUT2D eigenvalue weighted by atomic mass is 9.92. The Labute approximate surface area is 98.8 Å². The van der Waals surface area contributed by atoms with Crippen LogP contribution in [0.1, 0.15) is 13.8 Å². The molecule has 94 valence electrons. The Morgan fingerprint density at radius 2 is 2.35 bits per heavy atom. The zero-order chi connectivity index (χ0) is 12.2. The van der Waals surface area contributed by atoms with Crippen LogP contribution in [0.5, 0.6) is 0 Å². The van der Waals surface area contributed by atoms with Crippen molar-refractivity contribution in [3.05, 3.63) is 0 Å². The van der Waals surface area contributed by atoms with Crippen LogP contribution in [0.3, 0.4) is 0 Å². The second-order valence-corrected chi connectivity index (χ2v) is 4.99. The maximum atomic E-state index is 11.8. The molecule has 0 saturated carbocycles. The smallest absolute Gasteiger partial charge is 0.254 e. The molecule has 0 spiro atoms. The summed E-state index contributed by atoms with van der Waals surface area (Å²) < 4.78 is 16.8. The average molecular weight is 241 g/mol. The number of likely N-dealkylation sites (tertiary alicyclic amines) is 1. The van der Waals surface area contributed by atoms with Gasteiger partial charge in [0.1, 0.15) is 18.5 Å². The van der Waals surface area contributed by atoms with Crippen LogP contribution >= 0.6 is 0 Å². The van der Waals surface area contributed by atoms with E-state index in [4.69, 9.17) is 14.2 Å².